The van der Waals surface area contributed by atoms with Gasteiger partial charge in [0.25, 0.3) is 0 Å². The van der Waals surface area contributed by atoms with Crippen LogP contribution in [-0.4, -0.2) is 17.8 Å². The zero-order valence-electron chi connectivity index (χ0n) is 12.8. The standard InChI is InChI=1S/C18H18F3NO/c1-2-4-14-5-10-17(22-13-14)15-6-8-16(9-7-15)23-12-3-11-18(19,20)21/h3,5-11,13H,2,4,12H2,1H3/b11-3+. The van der Waals surface area contributed by atoms with Crippen LogP contribution in [0.5, 0.6) is 5.75 Å². The Kier molecular flexibility index (Phi) is 5.79. The highest BCUT2D eigenvalue weighted by atomic mass is 19.4. The Hall–Kier alpha value is -2.30. The van der Waals surface area contributed by atoms with Crippen molar-refractivity contribution in [2.75, 3.05) is 6.61 Å². The van der Waals surface area contributed by atoms with E-state index in [4.69, 9.17) is 4.74 Å². The third-order valence-corrected chi connectivity index (χ3v) is 3.17. The summed E-state index contributed by atoms with van der Waals surface area (Å²) in [6, 6.07) is 11.1. The van der Waals surface area contributed by atoms with Crippen molar-refractivity contribution < 1.29 is 17.9 Å². The number of hydrogen-bond donors (Lipinski definition) is 0. The molecule has 2 aromatic rings. The molecule has 0 saturated carbocycles. The molecule has 122 valence electrons. The van der Waals surface area contributed by atoms with Crippen LogP contribution < -0.4 is 4.74 Å². The topological polar surface area (TPSA) is 22.1 Å². The van der Waals surface area contributed by atoms with Gasteiger partial charge in [0.2, 0.25) is 0 Å². The third kappa shape index (κ3) is 5.77. The highest BCUT2D eigenvalue weighted by Crippen LogP contribution is 2.21. The maximum absolute atomic E-state index is 11.9. The molecule has 0 N–H and O–H groups in total. The largest absolute Gasteiger partial charge is 0.490 e. The summed E-state index contributed by atoms with van der Waals surface area (Å²) in [6.45, 7) is 2.00. The molecule has 2 rings (SSSR count). The number of alkyl halides is 3. The molecule has 0 aliphatic rings. The molecule has 2 nitrogen and oxygen atoms in total. The lowest BCUT2D eigenvalue weighted by molar-refractivity contribution is -0.0801. The fourth-order valence-corrected chi connectivity index (χ4v) is 2.08. The van der Waals surface area contributed by atoms with Crippen molar-refractivity contribution in [1.29, 1.82) is 0 Å². The summed E-state index contributed by atoms with van der Waals surface area (Å²) in [7, 11) is 0. The average molecular weight is 321 g/mol. The van der Waals surface area contributed by atoms with Crippen molar-refractivity contribution >= 4 is 0 Å². The van der Waals surface area contributed by atoms with E-state index in [0.717, 1.165) is 30.2 Å². The van der Waals surface area contributed by atoms with Crippen LogP contribution in [0.2, 0.25) is 0 Å². The summed E-state index contributed by atoms with van der Waals surface area (Å²) >= 11 is 0. The van der Waals surface area contributed by atoms with Crippen LogP contribution in [0.25, 0.3) is 11.3 Å². The molecule has 0 spiro atoms. The van der Waals surface area contributed by atoms with Crippen molar-refractivity contribution in [2.45, 2.75) is 25.9 Å². The minimum Gasteiger partial charge on any atom is -0.490 e. The summed E-state index contributed by atoms with van der Waals surface area (Å²) in [5, 5.41) is 0. The van der Waals surface area contributed by atoms with Gasteiger partial charge in [0.05, 0.1) is 5.69 Å². The Labute approximate surface area is 133 Å². The predicted molar refractivity (Wildman–Crippen MR) is 84.4 cm³/mol. The number of ether oxygens (including phenoxy) is 1. The third-order valence-electron chi connectivity index (χ3n) is 3.17. The number of halogens is 3. The second-order valence-electron chi connectivity index (χ2n) is 5.08. The molecule has 0 saturated heterocycles. The van der Waals surface area contributed by atoms with Crippen LogP contribution in [0.4, 0.5) is 13.2 Å². The van der Waals surface area contributed by atoms with Gasteiger partial charge in [-0.3, -0.25) is 4.98 Å². The zero-order chi connectivity index (χ0) is 16.7. The van der Waals surface area contributed by atoms with Crippen molar-refractivity contribution in [1.82, 2.24) is 4.98 Å². The summed E-state index contributed by atoms with van der Waals surface area (Å²) in [6.07, 6.45) is 0.764. The molecule has 1 aromatic heterocycles. The highest BCUT2D eigenvalue weighted by molar-refractivity contribution is 5.60. The number of aryl methyl sites for hydroxylation is 1. The van der Waals surface area contributed by atoms with Crippen LogP contribution in [0.15, 0.2) is 54.7 Å². The molecule has 0 aliphatic carbocycles. The van der Waals surface area contributed by atoms with Gasteiger partial charge in [-0.2, -0.15) is 13.2 Å². The first-order valence-corrected chi connectivity index (χ1v) is 7.40. The summed E-state index contributed by atoms with van der Waals surface area (Å²) in [5.41, 5.74) is 2.99. The van der Waals surface area contributed by atoms with Crippen molar-refractivity contribution in [3.63, 3.8) is 0 Å². The number of pyridine rings is 1. The van der Waals surface area contributed by atoms with E-state index in [0.29, 0.717) is 5.75 Å². The summed E-state index contributed by atoms with van der Waals surface area (Å²) in [4.78, 5) is 4.42. The molecular formula is C18H18F3NO. The van der Waals surface area contributed by atoms with Gasteiger partial charge < -0.3 is 4.74 Å². The Morgan fingerprint density at radius 1 is 1.09 bits per heavy atom. The summed E-state index contributed by atoms with van der Waals surface area (Å²) in [5.74, 6) is 0.517. The van der Waals surface area contributed by atoms with Gasteiger partial charge in [0.15, 0.2) is 0 Å². The fraction of sp³-hybridized carbons (Fsp3) is 0.278. The minimum atomic E-state index is -4.30. The molecule has 1 heterocycles. The van der Waals surface area contributed by atoms with Crippen LogP contribution in [0.1, 0.15) is 18.9 Å². The number of hydrogen-bond acceptors (Lipinski definition) is 2. The monoisotopic (exact) mass is 321 g/mol. The zero-order valence-corrected chi connectivity index (χ0v) is 12.8. The first kappa shape index (κ1) is 17.1. The lowest BCUT2D eigenvalue weighted by Gasteiger charge is -2.06. The van der Waals surface area contributed by atoms with E-state index in [2.05, 4.69) is 18.0 Å². The van der Waals surface area contributed by atoms with Crippen LogP contribution in [0.3, 0.4) is 0 Å². The van der Waals surface area contributed by atoms with Crippen LogP contribution in [0, 0.1) is 0 Å². The molecule has 0 atom stereocenters. The number of rotatable bonds is 6. The van der Waals surface area contributed by atoms with Crippen molar-refractivity contribution in [3.05, 3.63) is 60.3 Å². The second-order valence-corrected chi connectivity index (χ2v) is 5.08. The SMILES string of the molecule is CCCc1ccc(-c2ccc(OC/C=C/C(F)(F)F)cc2)nc1. The molecule has 0 aliphatic heterocycles. The summed E-state index contributed by atoms with van der Waals surface area (Å²) < 4.78 is 41.1. The lowest BCUT2D eigenvalue weighted by Crippen LogP contribution is -2.02. The van der Waals surface area contributed by atoms with Gasteiger partial charge >= 0.3 is 6.18 Å². The average Bonchev–Trinajstić information content (AvgIpc) is 2.52. The molecule has 1 aromatic carbocycles. The second kappa shape index (κ2) is 7.81. The van der Waals surface area contributed by atoms with Gasteiger partial charge in [-0.05, 0) is 48.4 Å². The lowest BCUT2D eigenvalue weighted by atomic mass is 10.1. The quantitative estimate of drug-likeness (QED) is 0.682. The predicted octanol–water partition coefficient (Wildman–Crippen LogP) is 5.20. The van der Waals surface area contributed by atoms with E-state index in [1.54, 1.807) is 12.1 Å². The normalized spacial score (nSPS) is 11.8. The van der Waals surface area contributed by atoms with Crippen LogP contribution >= 0.6 is 0 Å². The van der Waals surface area contributed by atoms with Gasteiger partial charge in [-0.25, -0.2) is 0 Å². The van der Waals surface area contributed by atoms with Crippen molar-refractivity contribution in [3.8, 4) is 17.0 Å². The Morgan fingerprint density at radius 3 is 2.39 bits per heavy atom. The molecule has 0 bridgehead atoms. The van der Waals surface area contributed by atoms with Gasteiger partial charge in [0, 0.05) is 17.8 Å². The Morgan fingerprint density at radius 2 is 1.83 bits per heavy atom. The van der Waals surface area contributed by atoms with Gasteiger partial charge in [-0.1, -0.05) is 19.4 Å². The maximum Gasteiger partial charge on any atom is 0.409 e. The van der Waals surface area contributed by atoms with E-state index in [-0.39, 0.29) is 12.7 Å². The first-order valence-electron chi connectivity index (χ1n) is 7.40. The fourth-order valence-electron chi connectivity index (χ4n) is 2.08. The minimum absolute atomic E-state index is 0.122. The van der Waals surface area contributed by atoms with E-state index < -0.39 is 6.18 Å². The highest BCUT2D eigenvalue weighted by Gasteiger charge is 2.21. The Balaban J connectivity index is 1.95. The molecule has 0 amide bonds. The first-order chi connectivity index (χ1) is 11.0. The molecule has 23 heavy (non-hydrogen) atoms. The van der Waals surface area contributed by atoms with Crippen molar-refractivity contribution in [2.24, 2.45) is 0 Å². The van der Waals surface area contributed by atoms with Crippen LogP contribution in [-0.2, 0) is 6.42 Å². The molecule has 5 heteroatoms. The number of benzene rings is 1. The number of aromatic nitrogens is 1. The molecule has 0 unspecified atom stereocenters. The van der Waals surface area contributed by atoms with E-state index in [1.807, 2.05) is 24.4 Å². The molecule has 0 fully saturated rings. The Bertz CT molecular complexity index is 631. The van der Waals surface area contributed by atoms with Gasteiger partial charge in [0.1, 0.15) is 12.4 Å². The number of nitrogens with zero attached hydrogens (tertiary/aromatic N) is 1. The molecule has 0 radical (unpaired) electrons. The maximum atomic E-state index is 11.9. The van der Waals surface area contributed by atoms with E-state index in [1.165, 1.54) is 5.56 Å². The number of allylic oxidation sites excluding steroid dienone is 1. The van der Waals surface area contributed by atoms with Gasteiger partial charge in [-0.15, -0.1) is 0 Å². The smallest absolute Gasteiger partial charge is 0.409 e. The van der Waals surface area contributed by atoms with E-state index in [9.17, 15) is 13.2 Å². The van der Waals surface area contributed by atoms with E-state index >= 15 is 0 Å². The molecular weight excluding hydrogens is 303 g/mol.